The Morgan fingerprint density at radius 3 is 2.50 bits per heavy atom. The summed E-state index contributed by atoms with van der Waals surface area (Å²) >= 11 is 0. The molecule has 0 atom stereocenters. The van der Waals surface area contributed by atoms with Crippen LogP contribution >= 0.6 is 0 Å². The number of carbonyl (C=O) groups excluding carboxylic acids is 2. The summed E-state index contributed by atoms with van der Waals surface area (Å²) in [6.45, 7) is 5.27. The highest BCUT2D eigenvalue weighted by atomic mass is 19.1. The molecule has 0 radical (unpaired) electrons. The minimum Gasteiger partial charge on any atom is -0.496 e. The van der Waals surface area contributed by atoms with Crippen molar-refractivity contribution < 1.29 is 23.5 Å². The maximum atomic E-state index is 13.4. The lowest BCUT2D eigenvalue weighted by molar-refractivity contribution is -0.123. The number of hydrogen-bond donors (Lipinski definition) is 1. The van der Waals surface area contributed by atoms with E-state index in [-0.39, 0.29) is 18.1 Å². The summed E-state index contributed by atoms with van der Waals surface area (Å²) in [5.41, 5.74) is 0.664. The Labute approximate surface area is 152 Å². The van der Waals surface area contributed by atoms with Crippen molar-refractivity contribution in [3.8, 4) is 5.75 Å². The lowest BCUT2D eigenvalue weighted by atomic mass is 9.95. The van der Waals surface area contributed by atoms with Gasteiger partial charge in [0.05, 0.1) is 12.7 Å². The number of ether oxygens (including phenoxy) is 2. The molecule has 0 aromatic heterocycles. The minimum absolute atomic E-state index is 0.127. The molecule has 0 aliphatic heterocycles. The molecule has 2 rings (SSSR count). The van der Waals surface area contributed by atoms with Crippen LogP contribution in [0.4, 0.5) is 10.1 Å². The number of amides is 1. The first kappa shape index (κ1) is 19.4. The van der Waals surface area contributed by atoms with E-state index in [1.807, 2.05) is 0 Å². The van der Waals surface area contributed by atoms with E-state index >= 15 is 0 Å². The molecule has 6 heteroatoms. The fourth-order valence-corrected chi connectivity index (χ4v) is 2.13. The molecular weight excluding hydrogens is 337 g/mol. The quantitative estimate of drug-likeness (QED) is 0.814. The molecule has 2 aromatic rings. The summed E-state index contributed by atoms with van der Waals surface area (Å²) in [5.74, 6) is -0.746. The average molecular weight is 359 g/mol. The number of anilines is 1. The van der Waals surface area contributed by atoms with Crippen molar-refractivity contribution in [3.63, 3.8) is 0 Å². The van der Waals surface area contributed by atoms with Gasteiger partial charge >= 0.3 is 5.97 Å². The molecule has 0 heterocycles. The third-order valence-corrected chi connectivity index (χ3v) is 3.64. The monoisotopic (exact) mass is 359 g/mol. The fourth-order valence-electron chi connectivity index (χ4n) is 2.13. The molecule has 0 saturated carbocycles. The van der Waals surface area contributed by atoms with Crippen LogP contribution in [-0.4, -0.2) is 19.0 Å². The maximum Gasteiger partial charge on any atom is 0.338 e. The van der Waals surface area contributed by atoms with Crippen LogP contribution in [0, 0.1) is 11.2 Å². The predicted octanol–water partition coefficient (Wildman–Crippen LogP) is 4.18. The third-order valence-electron chi connectivity index (χ3n) is 3.64. The molecule has 0 saturated heterocycles. The zero-order chi connectivity index (χ0) is 19.3. The third kappa shape index (κ3) is 5.05. The molecule has 0 bridgehead atoms. The van der Waals surface area contributed by atoms with Gasteiger partial charge in [0.25, 0.3) is 0 Å². The highest BCUT2D eigenvalue weighted by molar-refractivity contribution is 5.96. The van der Waals surface area contributed by atoms with Crippen molar-refractivity contribution in [1.29, 1.82) is 0 Å². The van der Waals surface area contributed by atoms with Gasteiger partial charge in [-0.15, -0.1) is 0 Å². The van der Waals surface area contributed by atoms with E-state index in [1.165, 1.54) is 31.4 Å². The van der Waals surface area contributed by atoms with Crippen molar-refractivity contribution in [2.45, 2.75) is 27.4 Å². The van der Waals surface area contributed by atoms with Gasteiger partial charge < -0.3 is 14.8 Å². The van der Waals surface area contributed by atoms with Crippen LogP contribution in [-0.2, 0) is 16.1 Å². The number of methoxy groups -OCH3 is 1. The van der Waals surface area contributed by atoms with Gasteiger partial charge in [-0.2, -0.15) is 0 Å². The molecule has 1 amide bonds. The Hall–Kier alpha value is -2.89. The van der Waals surface area contributed by atoms with E-state index < -0.39 is 17.2 Å². The van der Waals surface area contributed by atoms with Gasteiger partial charge in [-0.3, -0.25) is 4.79 Å². The molecule has 0 spiro atoms. The molecule has 0 aliphatic carbocycles. The zero-order valence-electron chi connectivity index (χ0n) is 15.3. The number of benzene rings is 2. The molecule has 138 valence electrons. The van der Waals surface area contributed by atoms with E-state index in [1.54, 1.807) is 39.0 Å². The Morgan fingerprint density at radius 1 is 1.12 bits per heavy atom. The number of nitrogens with one attached hydrogen (secondary N) is 1. The standard InChI is InChI=1S/C20H22FNO4/c1-20(2,3)19(24)22-16-7-5-6-13(11-16)18(23)26-12-14-10-15(21)8-9-17(14)25-4/h5-11H,12H2,1-4H3,(H,22,24). The van der Waals surface area contributed by atoms with Crippen molar-refractivity contribution in [1.82, 2.24) is 0 Å². The maximum absolute atomic E-state index is 13.4. The topological polar surface area (TPSA) is 64.6 Å². The number of esters is 1. The molecule has 5 nitrogen and oxygen atoms in total. The Balaban J connectivity index is 2.08. The van der Waals surface area contributed by atoms with Gasteiger partial charge in [-0.25, -0.2) is 9.18 Å². The van der Waals surface area contributed by atoms with Crippen LogP contribution in [0.1, 0.15) is 36.7 Å². The van der Waals surface area contributed by atoms with E-state index in [0.717, 1.165) is 0 Å². The zero-order valence-corrected chi connectivity index (χ0v) is 15.3. The molecule has 0 fully saturated rings. The Kier molecular flexibility index (Phi) is 5.97. The van der Waals surface area contributed by atoms with Crippen molar-refractivity contribution in [3.05, 3.63) is 59.4 Å². The van der Waals surface area contributed by atoms with Gasteiger partial charge in [0.15, 0.2) is 0 Å². The van der Waals surface area contributed by atoms with Crippen LogP contribution in [0.3, 0.4) is 0 Å². The van der Waals surface area contributed by atoms with Crippen LogP contribution in [0.15, 0.2) is 42.5 Å². The normalized spacial score (nSPS) is 11.0. The van der Waals surface area contributed by atoms with Crippen LogP contribution in [0.5, 0.6) is 5.75 Å². The van der Waals surface area contributed by atoms with Crippen LogP contribution < -0.4 is 10.1 Å². The Bertz CT molecular complexity index is 812. The highest BCUT2D eigenvalue weighted by Crippen LogP contribution is 2.22. The number of hydrogen-bond acceptors (Lipinski definition) is 4. The molecule has 1 N–H and O–H groups in total. The van der Waals surface area contributed by atoms with Gasteiger partial charge in [-0.1, -0.05) is 26.8 Å². The summed E-state index contributed by atoms with van der Waals surface area (Å²) in [4.78, 5) is 24.3. The summed E-state index contributed by atoms with van der Waals surface area (Å²) < 4.78 is 23.7. The first-order valence-electron chi connectivity index (χ1n) is 8.12. The summed E-state index contributed by atoms with van der Waals surface area (Å²) in [6.07, 6.45) is 0. The second-order valence-electron chi connectivity index (χ2n) is 6.82. The van der Waals surface area contributed by atoms with Gasteiger partial charge in [0.2, 0.25) is 5.91 Å². The summed E-state index contributed by atoms with van der Waals surface area (Å²) in [7, 11) is 1.46. The van der Waals surface area contributed by atoms with E-state index in [2.05, 4.69) is 5.32 Å². The lowest BCUT2D eigenvalue weighted by Gasteiger charge is -2.18. The number of halogens is 1. The van der Waals surface area contributed by atoms with Gasteiger partial charge in [0, 0.05) is 16.7 Å². The van der Waals surface area contributed by atoms with E-state index in [9.17, 15) is 14.0 Å². The van der Waals surface area contributed by atoms with Crippen molar-refractivity contribution in [2.75, 3.05) is 12.4 Å². The molecule has 26 heavy (non-hydrogen) atoms. The number of rotatable bonds is 5. The molecular formula is C20H22FNO4. The smallest absolute Gasteiger partial charge is 0.338 e. The number of carbonyl (C=O) groups is 2. The second kappa shape index (κ2) is 7.99. The van der Waals surface area contributed by atoms with Gasteiger partial charge in [-0.05, 0) is 36.4 Å². The van der Waals surface area contributed by atoms with Crippen LogP contribution in [0.2, 0.25) is 0 Å². The van der Waals surface area contributed by atoms with Crippen LogP contribution in [0.25, 0.3) is 0 Å². The Morgan fingerprint density at radius 2 is 1.85 bits per heavy atom. The van der Waals surface area contributed by atoms with E-state index in [4.69, 9.17) is 9.47 Å². The largest absolute Gasteiger partial charge is 0.496 e. The lowest BCUT2D eigenvalue weighted by Crippen LogP contribution is -2.27. The van der Waals surface area contributed by atoms with Crippen molar-refractivity contribution >= 4 is 17.6 Å². The molecule has 2 aromatic carbocycles. The first-order chi connectivity index (χ1) is 12.2. The van der Waals surface area contributed by atoms with Crippen molar-refractivity contribution in [2.24, 2.45) is 5.41 Å². The fraction of sp³-hybridized carbons (Fsp3) is 0.300. The van der Waals surface area contributed by atoms with Gasteiger partial charge in [0.1, 0.15) is 18.2 Å². The summed E-state index contributed by atoms with van der Waals surface area (Å²) in [5, 5.41) is 2.76. The summed E-state index contributed by atoms with van der Waals surface area (Å²) in [6, 6.07) is 10.5. The molecule has 0 aliphatic rings. The SMILES string of the molecule is COc1ccc(F)cc1COC(=O)c1cccc(NC(=O)C(C)(C)C)c1. The highest BCUT2D eigenvalue weighted by Gasteiger charge is 2.21. The first-order valence-corrected chi connectivity index (χ1v) is 8.12. The minimum atomic E-state index is -0.580. The average Bonchev–Trinajstić information content (AvgIpc) is 2.59. The van der Waals surface area contributed by atoms with E-state index in [0.29, 0.717) is 17.0 Å². The predicted molar refractivity (Wildman–Crippen MR) is 96.6 cm³/mol. The molecule has 0 unspecified atom stereocenters. The second-order valence-corrected chi connectivity index (χ2v) is 6.82.